The summed E-state index contributed by atoms with van der Waals surface area (Å²) >= 11 is 0. The highest BCUT2D eigenvalue weighted by atomic mass is 32.2. The number of Topliss-reactive ketones (excluding diaryl/α,β-unsaturated/α-hetero) is 1. The number of hydrogen-bond donors (Lipinski definition) is 0. The first-order valence-electron chi connectivity index (χ1n) is 7.09. The average molecular weight is 309 g/mol. The summed E-state index contributed by atoms with van der Waals surface area (Å²) in [6, 6.07) is 5.30. The molecule has 0 aromatic heterocycles. The van der Waals surface area contributed by atoms with Gasteiger partial charge in [-0.2, -0.15) is 0 Å². The highest BCUT2D eigenvalue weighted by Gasteiger charge is 2.36. The zero-order valence-corrected chi connectivity index (χ0v) is 13.1. The van der Waals surface area contributed by atoms with Crippen LogP contribution in [0.4, 0.5) is 5.69 Å². The number of benzene rings is 1. The Kier molecular flexibility index (Phi) is 4.46. The van der Waals surface area contributed by atoms with E-state index in [9.17, 15) is 18.0 Å². The van der Waals surface area contributed by atoms with Gasteiger partial charge in [-0.05, 0) is 30.5 Å². The van der Waals surface area contributed by atoms with Crippen LogP contribution in [-0.4, -0.2) is 38.2 Å². The van der Waals surface area contributed by atoms with Crippen LogP contribution in [0.15, 0.2) is 18.2 Å². The van der Waals surface area contributed by atoms with Crippen LogP contribution in [0.2, 0.25) is 0 Å². The van der Waals surface area contributed by atoms with Gasteiger partial charge in [0.05, 0.1) is 17.0 Å². The van der Waals surface area contributed by atoms with Crippen molar-refractivity contribution in [3.63, 3.8) is 0 Å². The largest absolute Gasteiger partial charge is 0.304 e. The number of aryl methyl sites for hydroxylation is 1. The van der Waals surface area contributed by atoms with E-state index in [2.05, 4.69) is 0 Å². The fourth-order valence-electron chi connectivity index (χ4n) is 2.43. The lowest BCUT2D eigenvalue weighted by Gasteiger charge is -2.16. The Balaban J connectivity index is 2.24. The van der Waals surface area contributed by atoms with Gasteiger partial charge >= 0.3 is 0 Å². The summed E-state index contributed by atoms with van der Waals surface area (Å²) in [6.07, 6.45) is 1.32. The van der Waals surface area contributed by atoms with Crippen molar-refractivity contribution >= 4 is 27.2 Å². The minimum Gasteiger partial charge on any atom is -0.304 e. The molecule has 5 nitrogen and oxygen atoms in total. The monoisotopic (exact) mass is 309 g/mol. The lowest BCUT2D eigenvalue weighted by Crippen LogP contribution is -2.34. The second-order valence-corrected chi connectivity index (χ2v) is 7.45. The molecule has 0 aliphatic carbocycles. The number of hydrogen-bond acceptors (Lipinski definition) is 4. The lowest BCUT2D eigenvalue weighted by atomic mass is 10.1. The second kappa shape index (κ2) is 5.97. The summed E-state index contributed by atoms with van der Waals surface area (Å²) in [5, 5.41) is 0. The standard InChI is InChI=1S/C15H19NO4S/c1-3-8-21(19,20)9-7-16-13-6-5-11(4-2)10-12(13)14(17)15(16)18/h5-6,10H,3-4,7-9H2,1-2H3. The number of sulfone groups is 1. The molecule has 6 heteroatoms. The molecule has 0 unspecified atom stereocenters. The molecule has 0 atom stereocenters. The Morgan fingerprint density at radius 2 is 1.81 bits per heavy atom. The SMILES string of the molecule is CCCS(=O)(=O)CCN1C(=O)C(=O)c2cc(CC)ccc21. The van der Waals surface area contributed by atoms with E-state index in [1.54, 1.807) is 19.1 Å². The number of anilines is 1. The molecule has 0 bridgehead atoms. The van der Waals surface area contributed by atoms with Gasteiger partial charge in [-0.3, -0.25) is 9.59 Å². The van der Waals surface area contributed by atoms with E-state index in [1.807, 2.05) is 13.0 Å². The van der Waals surface area contributed by atoms with Gasteiger partial charge in [0.25, 0.3) is 11.7 Å². The molecular weight excluding hydrogens is 290 g/mol. The van der Waals surface area contributed by atoms with Crippen LogP contribution >= 0.6 is 0 Å². The number of ketones is 1. The van der Waals surface area contributed by atoms with E-state index in [0.717, 1.165) is 12.0 Å². The van der Waals surface area contributed by atoms with Crippen molar-refractivity contribution < 1.29 is 18.0 Å². The van der Waals surface area contributed by atoms with E-state index >= 15 is 0 Å². The van der Waals surface area contributed by atoms with Crippen molar-refractivity contribution in [3.05, 3.63) is 29.3 Å². The van der Waals surface area contributed by atoms with Gasteiger partial charge in [0.1, 0.15) is 0 Å². The van der Waals surface area contributed by atoms with Crippen molar-refractivity contribution in [2.24, 2.45) is 0 Å². The van der Waals surface area contributed by atoms with Gasteiger partial charge in [-0.25, -0.2) is 8.42 Å². The molecule has 0 saturated heterocycles. The lowest BCUT2D eigenvalue weighted by molar-refractivity contribution is -0.114. The zero-order valence-electron chi connectivity index (χ0n) is 12.3. The first-order valence-corrected chi connectivity index (χ1v) is 8.91. The third-order valence-electron chi connectivity index (χ3n) is 3.59. The summed E-state index contributed by atoms with van der Waals surface area (Å²) in [5.41, 5.74) is 1.89. The molecule has 2 rings (SSSR count). The maximum absolute atomic E-state index is 12.0. The molecular formula is C15H19NO4S. The van der Waals surface area contributed by atoms with E-state index in [4.69, 9.17) is 0 Å². The number of carbonyl (C=O) groups excluding carboxylic acids is 2. The van der Waals surface area contributed by atoms with Gasteiger partial charge in [0.2, 0.25) is 0 Å². The van der Waals surface area contributed by atoms with Gasteiger partial charge in [-0.15, -0.1) is 0 Å². The van der Waals surface area contributed by atoms with Gasteiger partial charge in [0.15, 0.2) is 9.84 Å². The Morgan fingerprint density at radius 3 is 2.43 bits per heavy atom. The van der Waals surface area contributed by atoms with Crippen molar-refractivity contribution in [3.8, 4) is 0 Å². The highest BCUT2D eigenvalue weighted by molar-refractivity contribution is 7.91. The summed E-state index contributed by atoms with van der Waals surface area (Å²) in [7, 11) is -3.18. The maximum Gasteiger partial charge on any atom is 0.299 e. The molecule has 1 aromatic rings. The van der Waals surface area contributed by atoms with Crippen LogP contribution in [0, 0.1) is 0 Å². The Labute approximate surface area is 124 Å². The number of nitrogens with zero attached hydrogens (tertiary/aromatic N) is 1. The molecule has 21 heavy (non-hydrogen) atoms. The number of rotatable bonds is 6. The van der Waals surface area contributed by atoms with Crippen molar-refractivity contribution in [2.75, 3.05) is 23.0 Å². The number of carbonyl (C=O) groups is 2. The molecule has 0 saturated carbocycles. The van der Waals surface area contributed by atoms with Crippen LogP contribution in [0.25, 0.3) is 0 Å². The Hall–Kier alpha value is -1.69. The molecule has 114 valence electrons. The predicted molar refractivity (Wildman–Crippen MR) is 81.4 cm³/mol. The molecule has 1 aliphatic heterocycles. The Bertz CT molecular complexity index is 679. The third-order valence-corrected chi connectivity index (χ3v) is 5.42. The van der Waals surface area contributed by atoms with E-state index in [0.29, 0.717) is 17.7 Å². The van der Waals surface area contributed by atoms with Gasteiger partial charge in [-0.1, -0.05) is 19.9 Å². The second-order valence-electron chi connectivity index (χ2n) is 5.14. The number of amides is 1. The molecule has 0 spiro atoms. The predicted octanol–water partition coefficient (Wildman–Crippen LogP) is 1.60. The topological polar surface area (TPSA) is 71.5 Å². The fraction of sp³-hybridized carbons (Fsp3) is 0.467. The fourth-order valence-corrected chi connectivity index (χ4v) is 3.72. The van der Waals surface area contributed by atoms with Crippen molar-refractivity contribution in [2.45, 2.75) is 26.7 Å². The van der Waals surface area contributed by atoms with Crippen LogP contribution in [-0.2, 0) is 21.1 Å². The quantitative estimate of drug-likeness (QED) is 0.748. The maximum atomic E-state index is 12.0. The Morgan fingerprint density at radius 1 is 1.10 bits per heavy atom. The average Bonchev–Trinajstić information content (AvgIpc) is 2.68. The van der Waals surface area contributed by atoms with E-state index in [-0.39, 0.29) is 18.1 Å². The van der Waals surface area contributed by atoms with Crippen molar-refractivity contribution in [1.29, 1.82) is 0 Å². The molecule has 1 heterocycles. The van der Waals surface area contributed by atoms with Crippen LogP contribution in [0.3, 0.4) is 0 Å². The first kappa shape index (κ1) is 15.7. The van der Waals surface area contributed by atoms with Crippen LogP contribution < -0.4 is 4.90 Å². The van der Waals surface area contributed by atoms with E-state index in [1.165, 1.54) is 4.90 Å². The van der Waals surface area contributed by atoms with Gasteiger partial charge < -0.3 is 4.90 Å². The molecule has 1 aliphatic rings. The summed E-state index contributed by atoms with van der Waals surface area (Å²) < 4.78 is 23.5. The van der Waals surface area contributed by atoms with Gasteiger partial charge in [0, 0.05) is 12.3 Å². The summed E-state index contributed by atoms with van der Waals surface area (Å²) in [5.74, 6) is -1.20. The molecule has 0 radical (unpaired) electrons. The normalized spacial score (nSPS) is 14.7. The van der Waals surface area contributed by atoms with Crippen LogP contribution in [0.1, 0.15) is 36.2 Å². The molecule has 1 aromatic carbocycles. The van der Waals surface area contributed by atoms with Crippen LogP contribution in [0.5, 0.6) is 0 Å². The molecule has 1 amide bonds. The summed E-state index contributed by atoms with van der Waals surface area (Å²) in [4.78, 5) is 25.3. The highest BCUT2D eigenvalue weighted by Crippen LogP contribution is 2.29. The molecule has 0 N–H and O–H groups in total. The summed E-state index contributed by atoms with van der Waals surface area (Å²) in [6.45, 7) is 3.80. The van der Waals surface area contributed by atoms with E-state index < -0.39 is 21.5 Å². The van der Waals surface area contributed by atoms with Crippen molar-refractivity contribution in [1.82, 2.24) is 0 Å². The minimum atomic E-state index is -3.18. The minimum absolute atomic E-state index is 0.0331. The smallest absolute Gasteiger partial charge is 0.299 e. The third kappa shape index (κ3) is 3.15. The zero-order chi connectivity index (χ0) is 15.6. The number of fused-ring (bicyclic) bond motifs is 1. The molecule has 0 fully saturated rings. The first-order chi connectivity index (χ1) is 9.89.